The van der Waals surface area contributed by atoms with Crippen molar-refractivity contribution in [1.29, 1.82) is 0 Å². The summed E-state index contributed by atoms with van der Waals surface area (Å²) < 4.78 is 0. The third kappa shape index (κ3) is 1.75. The molecule has 0 radical (unpaired) electrons. The molecule has 3 rings (SSSR count). The Hall–Kier alpha value is -2.09. The second kappa shape index (κ2) is 4.48. The lowest BCUT2D eigenvalue weighted by molar-refractivity contribution is 0.244. The van der Waals surface area contributed by atoms with E-state index in [2.05, 4.69) is 79.8 Å². The van der Waals surface area contributed by atoms with Gasteiger partial charge in [0.15, 0.2) is 0 Å². The molecule has 2 aromatic carbocycles. The van der Waals surface area contributed by atoms with E-state index in [1.807, 2.05) is 12.1 Å². The van der Waals surface area contributed by atoms with E-state index in [4.69, 9.17) is 0 Å². The maximum absolute atomic E-state index is 4.65. The minimum absolute atomic E-state index is 0.0876. The van der Waals surface area contributed by atoms with Gasteiger partial charge in [0.1, 0.15) is 0 Å². The normalized spacial score (nSPS) is 24.1. The van der Waals surface area contributed by atoms with Crippen molar-refractivity contribution in [3.8, 4) is 0 Å². The Morgan fingerprint density at radius 2 is 1.35 bits per heavy atom. The van der Waals surface area contributed by atoms with Gasteiger partial charge in [0, 0.05) is 5.41 Å². The fraction of sp³-hybridized carbons (Fsp3) is 0.278. The van der Waals surface area contributed by atoms with Gasteiger partial charge in [0.25, 0.3) is 0 Å². The molecule has 2 aromatic rings. The zero-order valence-corrected chi connectivity index (χ0v) is 12.2. The van der Waals surface area contributed by atoms with E-state index in [0.717, 1.165) is 5.71 Å². The van der Waals surface area contributed by atoms with Crippen LogP contribution in [0.4, 0.5) is 0 Å². The molecule has 20 heavy (non-hydrogen) atoms. The molecule has 1 unspecified atom stereocenters. The van der Waals surface area contributed by atoms with Gasteiger partial charge in [0.05, 0.1) is 11.3 Å². The number of rotatable bonds is 2. The van der Waals surface area contributed by atoms with Crippen LogP contribution in [0, 0.1) is 5.41 Å². The van der Waals surface area contributed by atoms with Gasteiger partial charge >= 0.3 is 0 Å². The van der Waals surface area contributed by atoms with Gasteiger partial charge in [0.2, 0.25) is 0 Å². The Kier molecular flexibility index (Phi) is 2.89. The Morgan fingerprint density at radius 1 is 0.800 bits per heavy atom. The molecule has 102 valence electrons. The van der Waals surface area contributed by atoms with Gasteiger partial charge < -0.3 is 0 Å². The van der Waals surface area contributed by atoms with Gasteiger partial charge in [-0.05, 0) is 18.1 Å². The summed E-state index contributed by atoms with van der Waals surface area (Å²) in [7, 11) is 0. The van der Waals surface area contributed by atoms with Crippen LogP contribution in [-0.2, 0) is 5.54 Å². The number of hydrazone groups is 1. The van der Waals surface area contributed by atoms with Gasteiger partial charge in [-0.1, -0.05) is 74.5 Å². The molecule has 0 aliphatic carbocycles. The van der Waals surface area contributed by atoms with Crippen LogP contribution < -0.4 is 5.43 Å². The topological polar surface area (TPSA) is 24.4 Å². The maximum atomic E-state index is 4.65. The summed E-state index contributed by atoms with van der Waals surface area (Å²) in [6.07, 6.45) is 0. The molecule has 0 aromatic heterocycles. The zero-order valence-electron chi connectivity index (χ0n) is 12.2. The molecule has 1 N–H and O–H groups in total. The molecule has 0 spiro atoms. The smallest absolute Gasteiger partial charge is 0.0876 e. The fourth-order valence-corrected chi connectivity index (χ4v) is 2.90. The highest BCUT2D eigenvalue weighted by Gasteiger charge is 2.50. The van der Waals surface area contributed by atoms with E-state index in [0.29, 0.717) is 0 Å². The van der Waals surface area contributed by atoms with Crippen LogP contribution in [0.25, 0.3) is 0 Å². The first-order chi connectivity index (χ1) is 9.56. The monoisotopic (exact) mass is 264 g/mol. The highest BCUT2D eigenvalue weighted by molar-refractivity contribution is 6.06. The first kappa shape index (κ1) is 12.9. The van der Waals surface area contributed by atoms with Gasteiger partial charge in [-0.3, -0.25) is 5.43 Å². The molecule has 0 saturated heterocycles. The van der Waals surface area contributed by atoms with E-state index in [-0.39, 0.29) is 11.0 Å². The SMILES string of the molecule is CC1(C)C(c2ccccc2)=NNC1(C)c1ccccc1. The van der Waals surface area contributed by atoms with Crippen LogP contribution >= 0.6 is 0 Å². The molecular formula is C18H20N2. The van der Waals surface area contributed by atoms with Crippen LogP contribution in [0.1, 0.15) is 31.9 Å². The number of hydrogen-bond acceptors (Lipinski definition) is 2. The molecule has 1 aliphatic heterocycles. The summed E-state index contributed by atoms with van der Waals surface area (Å²) in [6, 6.07) is 21.0. The lowest BCUT2D eigenvalue weighted by Gasteiger charge is -2.39. The van der Waals surface area contributed by atoms with Crippen LogP contribution in [0.15, 0.2) is 65.8 Å². The summed E-state index contributed by atoms with van der Waals surface area (Å²) in [4.78, 5) is 0. The quantitative estimate of drug-likeness (QED) is 0.873. The van der Waals surface area contributed by atoms with Gasteiger partial charge in [-0.15, -0.1) is 0 Å². The largest absolute Gasteiger partial charge is 0.299 e. The second-order valence-corrected chi connectivity index (χ2v) is 6.05. The molecule has 0 saturated carbocycles. The number of hydrogen-bond donors (Lipinski definition) is 1. The Labute approximate surface area is 120 Å². The average molecular weight is 264 g/mol. The summed E-state index contributed by atoms with van der Waals surface area (Å²) in [6.45, 7) is 6.74. The summed E-state index contributed by atoms with van der Waals surface area (Å²) in [5, 5.41) is 4.65. The molecule has 2 heteroatoms. The average Bonchev–Trinajstić information content (AvgIpc) is 2.72. The summed E-state index contributed by atoms with van der Waals surface area (Å²) >= 11 is 0. The first-order valence-electron chi connectivity index (χ1n) is 7.02. The van der Waals surface area contributed by atoms with E-state index < -0.39 is 0 Å². The van der Waals surface area contributed by atoms with Crippen molar-refractivity contribution in [3.05, 3.63) is 71.8 Å². The van der Waals surface area contributed by atoms with Crippen molar-refractivity contribution in [1.82, 2.24) is 5.43 Å². The Bertz CT molecular complexity index is 629. The van der Waals surface area contributed by atoms with E-state index in [9.17, 15) is 0 Å². The predicted octanol–water partition coefficient (Wildman–Crippen LogP) is 3.94. The van der Waals surface area contributed by atoms with Crippen LogP contribution in [0.5, 0.6) is 0 Å². The molecule has 1 atom stereocenters. The van der Waals surface area contributed by atoms with Gasteiger partial charge in [-0.2, -0.15) is 5.10 Å². The fourth-order valence-electron chi connectivity index (χ4n) is 2.90. The molecule has 1 heterocycles. The minimum Gasteiger partial charge on any atom is -0.299 e. The molecule has 0 fully saturated rings. The van der Waals surface area contributed by atoms with Crippen molar-refractivity contribution in [3.63, 3.8) is 0 Å². The maximum Gasteiger partial charge on any atom is 0.0876 e. The molecule has 2 nitrogen and oxygen atoms in total. The van der Waals surface area contributed by atoms with Crippen molar-refractivity contribution >= 4 is 5.71 Å². The summed E-state index contributed by atoms with van der Waals surface area (Å²) in [5.74, 6) is 0. The van der Waals surface area contributed by atoms with Crippen molar-refractivity contribution in [2.24, 2.45) is 10.5 Å². The van der Waals surface area contributed by atoms with Crippen molar-refractivity contribution < 1.29 is 0 Å². The van der Waals surface area contributed by atoms with Crippen LogP contribution in [-0.4, -0.2) is 5.71 Å². The number of nitrogens with zero attached hydrogens (tertiary/aromatic N) is 1. The molecule has 1 aliphatic rings. The van der Waals surface area contributed by atoms with Crippen molar-refractivity contribution in [2.45, 2.75) is 26.3 Å². The van der Waals surface area contributed by atoms with Crippen LogP contribution in [0.3, 0.4) is 0 Å². The van der Waals surface area contributed by atoms with E-state index in [1.165, 1.54) is 11.1 Å². The second-order valence-electron chi connectivity index (χ2n) is 6.05. The third-order valence-corrected chi connectivity index (χ3v) is 4.63. The number of benzene rings is 2. The molecule has 0 amide bonds. The molecule has 0 bridgehead atoms. The van der Waals surface area contributed by atoms with Crippen LogP contribution in [0.2, 0.25) is 0 Å². The van der Waals surface area contributed by atoms with Crippen molar-refractivity contribution in [2.75, 3.05) is 0 Å². The highest BCUT2D eigenvalue weighted by Crippen LogP contribution is 2.45. The molecular weight excluding hydrogens is 244 g/mol. The van der Waals surface area contributed by atoms with Gasteiger partial charge in [-0.25, -0.2) is 0 Å². The number of nitrogens with one attached hydrogen (secondary N) is 1. The summed E-state index contributed by atoms with van der Waals surface area (Å²) in [5.41, 5.74) is 6.66. The van der Waals surface area contributed by atoms with E-state index in [1.54, 1.807) is 0 Å². The minimum atomic E-state index is -0.195. The highest BCUT2D eigenvalue weighted by atomic mass is 15.4. The lowest BCUT2D eigenvalue weighted by Crippen LogP contribution is -2.47. The lowest BCUT2D eigenvalue weighted by atomic mass is 9.66. The third-order valence-electron chi connectivity index (χ3n) is 4.63. The predicted molar refractivity (Wildman–Crippen MR) is 83.7 cm³/mol. The standard InChI is InChI=1S/C18H20N2/c1-17(2)16(14-10-6-4-7-11-14)19-20-18(17,3)15-12-8-5-9-13-15/h4-13,20H,1-3H3. The zero-order chi connectivity index (χ0) is 14.2. The Balaban J connectivity index is 2.04. The Morgan fingerprint density at radius 3 is 1.95 bits per heavy atom. The first-order valence-corrected chi connectivity index (χ1v) is 7.02. The van der Waals surface area contributed by atoms with E-state index >= 15 is 0 Å².